The van der Waals surface area contributed by atoms with E-state index in [4.69, 9.17) is 9.84 Å². The summed E-state index contributed by atoms with van der Waals surface area (Å²) in [5.41, 5.74) is 0. The average Bonchev–Trinajstić information content (AvgIpc) is 2.82. The van der Waals surface area contributed by atoms with E-state index < -0.39 is 5.97 Å². The molecule has 0 unspecified atom stereocenters. The molecule has 0 spiro atoms. The maximum Gasteiger partial charge on any atom is 0.329 e. The van der Waals surface area contributed by atoms with E-state index in [2.05, 4.69) is 0 Å². The fraction of sp³-hybridized carbons (Fsp3) is 0.778. The third-order valence-electron chi connectivity index (χ3n) is 2.53. The Bertz CT molecular complexity index is 256. The fourth-order valence-electron chi connectivity index (χ4n) is 1.50. The summed E-state index contributed by atoms with van der Waals surface area (Å²) in [6.45, 7) is 0.849. The van der Waals surface area contributed by atoms with E-state index in [1.165, 1.54) is 0 Å². The molecule has 2 fully saturated rings. The van der Waals surface area contributed by atoms with Crippen LogP contribution in [0, 0.1) is 5.92 Å². The monoisotopic (exact) mass is 199 g/mol. The smallest absolute Gasteiger partial charge is 0.329 e. The minimum atomic E-state index is -0.961. The first kappa shape index (κ1) is 9.45. The third kappa shape index (κ3) is 2.04. The van der Waals surface area contributed by atoms with Crippen molar-refractivity contribution in [2.45, 2.75) is 18.9 Å². The molecule has 1 aliphatic heterocycles. The molecular formula is C9H13NO4. The second-order valence-electron chi connectivity index (χ2n) is 3.84. The summed E-state index contributed by atoms with van der Waals surface area (Å²) in [6, 6.07) is 0. The van der Waals surface area contributed by atoms with Crippen molar-refractivity contribution in [1.29, 1.82) is 0 Å². The van der Waals surface area contributed by atoms with Gasteiger partial charge in [-0.1, -0.05) is 0 Å². The van der Waals surface area contributed by atoms with Crippen LogP contribution in [0.2, 0.25) is 0 Å². The molecular weight excluding hydrogens is 186 g/mol. The molecule has 0 aromatic heterocycles. The van der Waals surface area contributed by atoms with Gasteiger partial charge in [0.25, 0.3) is 0 Å². The van der Waals surface area contributed by atoms with Gasteiger partial charge in [-0.2, -0.15) is 0 Å². The highest BCUT2D eigenvalue weighted by Crippen LogP contribution is 2.32. The number of carbonyl (C=O) groups is 2. The fourth-order valence-corrected chi connectivity index (χ4v) is 1.50. The molecule has 0 atom stereocenters. The van der Waals surface area contributed by atoms with Gasteiger partial charge in [0.1, 0.15) is 6.61 Å². The number of aliphatic carboxylic acids is 1. The quantitative estimate of drug-likeness (QED) is 0.675. The number of carbonyl (C=O) groups excluding carboxylic acids is 1. The van der Waals surface area contributed by atoms with Crippen molar-refractivity contribution in [2.24, 2.45) is 5.92 Å². The highest BCUT2D eigenvalue weighted by Gasteiger charge is 2.39. The molecule has 0 radical (unpaired) electrons. The van der Waals surface area contributed by atoms with Crippen LogP contribution in [0.15, 0.2) is 0 Å². The van der Waals surface area contributed by atoms with Crippen molar-refractivity contribution in [1.82, 2.24) is 4.90 Å². The largest absolute Gasteiger partial charge is 0.480 e. The van der Waals surface area contributed by atoms with Crippen molar-refractivity contribution in [3.05, 3.63) is 0 Å². The van der Waals surface area contributed by atoms with Gasteiger partial charge in [0, 0.05) is 19.0 Å². The normalized spacial score (nSPS) is 21.9. The zero-order chi connectivity index (χ0) is 10.1. The summed E-state index contributed by atoms with van der Waals surface area (Å²) in [7, 11) is 0. The Morgan fingerprint density at radius 2 is 2.00 bits per heavy atom. The van der Waals surface area contributed by atoms with Crippen LogP contribution in [0.5, 0.6) is 0 Å². The maximum absolute atomic E-state index is 11.4. The molecule has 2 rings (SSSR count). The summed E-state index contributed by atoms with van der Waals surface area (Å²) in [5, 5.41) is 8.35. The first-order valence-corrected chi connectivity index (χ1v) is 4.79. The lowest BCUT2D eigenvalue weighted by atomic mass is 10.1. The van der Waals surface area contributed by atoms with Crippen LogP contribution in [-0.2, 0) is 14.3 Å². The predicted octanol–water partition coefficient (Wildman–Crippen LogP) is -0.292. The van der Waals surface area contributed by atoms with E-state index in [0.29, 0.717) is 13.1 Å². The molecule has 5 heteroatoms. The van der Waals surface area contributed by atoms with Crippen LogP contribution in [0.25, 0.3) is 0 Å². The maximum atomic E-state index is 11.4. The number of likely N-dealkylation sites (tertiary alicyclic amines) is 1. The summed E-state index contributed by atoms with van der Waals surface area (Å²) in [5.74, 6) is -0.507. The van der Waals surface area contributed by atoms with Gasteiger partial charge in [-0.05, 0) is 12.8 Å². The predicted molar refractivity (Wildman–Crippen MR) is 46.7 cm³/mol. The second kappa shape index (κ2) is 3.57. The lowest BCUT2D eigenvalue weighted by molar-refractivity contribution is -0.155. The van der Waals surface area contributed by atoms with E-state index in [9.17, 15) is 9.59 Å². The zero-order valence-corrected chi connectivity index (χ0v) is 7.81. The lowest BCUT2D eigenvalue weighted by Gasteiger charge is -2.38. The number of hydrogen-bond donors (Lipinski definition) is 1. The van der Waals surface area contributed by atoms with Crippen LogP contribution in [0.1, 0.15) is 12.8 Å². The van der Waals surface area contributed by atoms with Gasteiger partial charge in [-0.3, -0.25) is 4.79 Å². The molecule has 1 N–H and O–H groups in total. The molecule has 1 amide bonds. The van der Waals surface area contributed by atoms with Crippen LogP contribution < -0.4 is 0 Å². The number of amides is 1. The van der Waals surface area contributed by atoms with E-state index in [0.717, 1.165) is 12.8 Å². The number of carboxylic acid groups (broad SMARTS) is 1. The molecule has 1 aliphatic carbocycles. The van der Waals surface area contributed by atoms with Crippen molar-refractivity contribution in [3.8, 4) is 0 Å². The summed E-state index contributed by atoms with van der Waals surface area (Å²) < 4.78 is 5.03. The van der Waals surface area contributed by atoms with Crippen molar-refractivity contribution >= 4 is 11.9 Å². The first-order chi connectivity index (χ1) is 6.66. The first-order valence-electron chi connectivity index (χ1n) is 4.79. The van der Waals surface area contributed by atoms with Crippen molar-refractivity contribution in [3.63, 3.8) is 0 Å². The van der Waals surface area contributed by atoms with Gasteiger partial charge in [-0.25, -0.2) is 4.79 Å². The Labute approximate surface area is 81.6 Å². The Balaban J connectivity index is 1.63. The lowest BCUT2D eigenvalue weighted by Crippen LogP contribution is -2.55. The highest BCUT2D eigenvalue weighted by atomic mass is 16.5. The Morgan fingerprint density at radius 1 is 1.36 bits per heavy atom. The van der Waals surface area contributed by atoms with Crippen LogP contribution in [-0.4, -0.2) is 47.7 Å². The molecule has 1 saturated heterocycles. The number of ether oxygens (including phenoxy) is 1. The molecule has 1 heterocycles. The number of rotatable bonds is 4. The Morgan fingerprint density at radius 3 is 2.50 bits per heavy atom. The summed E-state index contributed by atoms with van der Waals surface area (Å²) in [4.78, 5) is 23.3. The standard InChI is InChI=1S/C9H13NO4/c11-8(12)5-14-7-3-10(4-7)9(13)6-1-2-6/h6-7H,1-5H2,(H,11,12). The molecule has 78 valence electrons. The number of carboxylic acids is 1. The van der Waals surface area contributed by atoms with Gasteiger partial charge >= 0.3 is 5.97 Å². The number of hydrogen-bond acceptors (Lipinski definition) is 3. The van der Waals surface area contributed by atoms with Crippen molar-refractivity contribution < 1.29 is 19.4 Å². The molecule has 2 aliphatic rings. The summed E-state index contributed by atoms with van der Waals surface area (Å²) >= 11 is 0. The minimum Gasteiger partial charge on any atom is -0.480 e. The molecule has 14 heavy (non-hydrogen) atoms. The Kier molecular flexibility index (Phi) is 2.41. The molecule has 5 nitrogen and oxygen atoms in total. The van der Waals surface area contributed by atoms with Crippen LogP contribution in [0.3, 0.4) is 0 Å². The van der Waals surface area contributed by atoms with Gasteiger partial charge in [-0.15, -0.1) is 0 Å². The molecule has 0 aromatic carbocycles. The van der Waals surface area contributed by atoms with Crippen LogP contribution in [0.4, 0.5) is 0 Å². The Hall–Kier alpha value is -1.10. The highest BCUT2D eigenvalue weighted by molar-refractivity contribution is 5.81. The minimum absolute atomic E-state index is 0.0752. The SMILES string of the molecule is O=C(O)COC1CN(C(=O)C2CC2)C1. The van der Waals surface area contributed by atoms with Gasteiger partial charge < -0.3 is 14.7 Å². The summed E-state index contributed by atoms with van der Waals surface area (Å²) in [6.07, 6.45) is 1.94. The number of nitrogens with zero attached hydrogens (tertiary/aromatic N) is 1. The topological polar surface area (TPSA) is 66.8 Å². The van der Waals surface area contributed by atoms with Gasteiger partial charge in [0.05, 0.1) is 6.10 Å². The van der Waals surface area contributed by atoms with Gasteiger partial charge in [0.2, 0.25) is 5.91 Å². The average molecular weight is 199 g/mol. The van der Waals surface area contributed by atoms with E-state index in [1.54, 1.807) is 4.90 Å². The van der Waals surface area contributed by atoms with Crippen molar-refractivity contribution in [2.75, 3.05) is 19.7 Å². The molecule has 0 aromatic rings. The zero-order valence-electron chi connectivity index (χ0n) is 7.81. The third-order valence-corrected chi connectivity index (χ3v) is 2.53. The van der Waals surface area contributed by atoms with E-state index in [-0.39, 0.29) is 24.5 Å². The molecule has 1 saturated carbocycles. The van der Waals surface area contributed by atoms with E-state index >= 15 is 0 Å². The molecule has 0 bridgehead atoms. The van der Waals surface area contributed by atoms with E-state index in [1.807, 2.05) is 0 Å². The van der Waals surface area contributed by atoms with Gasteiger partial charge in [0.15, 0.2) is 0 Å². The van der Waals surface area contributed by atoms with Crippen LogP contribution >= 0.6 is 0 Å². The second-order valence-corrected chi connectivity index (χ2v) is 3.84.